The maximum atomic E-state index is 12.3. The molecule has 134 valence electrons. The van der Waals surface area contributed by atoms with Crippen LogP contribution in [0.15, 0.2) is 47.3 Å². The molecule has 1 aromatic carbocycles. The lowest BCUT2D eigenvalue weighted by Crippen LogP contribution is -2.16. The molecule has 2 aromatic heterocycles. The topological polar surface area (TPSA) is 111 Å². The number of hydrogen-bond acceptors (Lipinski definition) is 5. The van der Waals surface area contributed by atoms with Crippen LogP contribution in [0, 0.1) is 0 Å². The van der Waals surface area contributed by atoms with Crippen molar-refractivity contribution < 1.29 is 19.4 Å². The smallest absolute Gasteiger partial charge is 0.339 e. The minimum Gasteiger partial charge on any atom is -0.478 e. The number of halogens is 1. The molecule has 0 aliphatic heterocycles. The van der Waals surface area contributed by atoms with Gasteiger partial charge in [-0.25, -0.2) is 9.48 Å². The number of nitrogens with zero attached hydrogens (tertiary/aromatic N) is 4. The van der Waals surface area contributed by atoms with Crippen LogP contribution in [0.5, 0.6) is 5.75 Å². The van der Waals surface area contributed by atoms with Crippen LogP contribution < -0.4 is 10.1 Å². The Kier molecular flexibility index (Phi) is 5.03. The van der Waals surface area contributed by atoms with Crippen LogP contribution in [-0.2, 0) is 13.8 Å². The van der Waals surface area contributed by atoms with Gasteiger partial charge in [-0.2, -0.15) is 10.2 Å². The number of carbonyl (C=O) groups excluding carboxylic acids is 1. The summed E-state index contributed by atoms with van der Waals surface area (Å²) in [7, 11) is 1.54. The number of carboxylic acid groups (broad SMARTS) is 1. The minimum absolute atomic E-state index is 0.154. The molecule has 26 heavy (non-hydrogen) atoms. The molecule has 0 spiro atoms. The van der Waals surface area contributed by atoms with Gasteiger partial charge >= 0.3 is 5.97 Å². The molecule has 9 nitrogen and oxygen atoms in total. The first-order chi connectivity index (χ1) is 12.4. The maximum absolute atomic E-state index is 12.3. The van der Waals surface area contributed by atoms with E-state index in [2.05, 4.69) is 31.4 Å². The number of aromatic carboxylic acids is 1. The molecule has 0 saturated heterocycles. The Morgan fingerprint density at radius 1 is 1.27 bits per heavy atom. The Labute approximate surface area is 156 Å². The Balaban J connectivity index is 1.64. The molecular weight excluding hydrogens is 406 g/mol. The van der Waals surface area contributed by atoms with Crippen molar-refractivity contribution in [1.29, 1.82) is 0 Å². The molecule has 3 aromatic rings. The van der Waals surface area contributed by atoms with E-state index in [0.29, 0.717) is 11.4 Å². The first-order valence-electron chi connectivity index (χ1n) is 7.41. The number of hydrogen-bond donors (Lipinski definition) is 2. The number of carbonyl (C=O) groups is 2. The van der Waals surface area contributed by atoms with Gasteiger partial charge in [0, 0.05) is 17.7 Å². The number of aromatic nitrogens is 4. The fourth-order valence-corrected chi connectivity index (χ4v) is 2.44. The molecule has 2 N–H and O–H groups in total. The highest BCUT2D eigenvalue weighted by atomic mass is 79.9. The molecule has 2 heterocycles. The lowest BCUT2D eigenvalue weighted by atomic mass is 10.2. The van der Waals surface area contributed by atoms with E-state index >= 15 is 0 Å². The summed E-state index contributed by atoms with van der Waals surface area (Å²) in [5, 5.41) is 19.7. The van der Waals surface area contributed by atoms with Crippen LogP contribution in [0.2, 0.25) is 0 Å². The van der Waals surface area contributed by atoms with Crippen molar-refractivity contribution in [3.8, 4) is 5.75 Å². The molecule has 0 radical (unpaired) electrons. The number of nitrogens with one attached hydrogen (secondary N) is 1. The molecule has 0 fully saturated rings. The van der Waals surface area contributed by atoms with Crippen LogP contribution in [0.25, 0.3) is 0 Å². The molecule has 10 heteroatoms. The fraction of sp³-hybridized carbons (Fsp3) is 0.125. The molecule has 0 aliphatic carbocycles. The summed E-state index contributed by atoms with van der Waals surface area (Å²) in [6.45, 7) is 0.154. The van der Waals surface area contributed by atoms with E-state index in [4.69, 9.17) is 9.84 Å². The van der Waals surface area contributed by atoms with Gasteiger partial charge in [-0.05, 0) is 24.3 Å². The third kappa shape index (κ3) is 4.09. The zero-order valence-electron chi connectivity index (χ0n) is 13.6. The Hall–Kier alpha value is -3.14. The summed E-state index contributed by atoms with van der Waals surface area (Å²) in [6, 6.07) is 7.34. The van der Waals surface area contributed by atoms with Gasteiger partial charge in [-0.1, -0.05) is 15.9 Å². The standard InChI is InChI=1S/C16H14BrN5O4/c1-21-8-13(16(24)25)14(20-21)15(23)19-11-6-18-22(7-11)9-26-12-4-2-10(17)3-5-12/h2-8H,9H2,1H3,(H,19,23)(H,24,25). The molecule has 3 rings (SSSR count). The summed E-state index contributed by atoms with van der Waals surface area (Å²) in [5.74, 6) is -1.17. The quantitative estimate of drug-likeness (QED) is 0.634. The second-order valence-electron chi connectivity index (χ2n) is 5.32. The molecule has 0 atom stereocenters. The van der Waals surface area contributed by atoms with Gasteiger partial charge in [0.25, 0.3) is 5.91 Å². The Morgan fingerprint density at radius 3 is 2.69 bits per heavy atom. The van der Waals surface area contributed by atoms with Gasteiger partial charge in [0.1, 0.15) is 11.3 Å². The predicted molar refractivity (Wildman–Crippen MR) is 95.1 cm³/mol. The molecule has 0 unspecified atom stereocenters. The van der Waals surface area contributed by atoms with Crippen LogP contribution in [-0.4, -0.2) is 36.5 Å². The number of amides is 1. The van der Waals surface area contributed by atoms with E-state index in [-0.39, 0.29) is 18.0 Å². The van der Waals surface area contributed by atoms with Crippen molar-refractivity contribution in [3.05, 3.63) is 58.6 Å². The Bertz CT molecular complexity index is 948. The molecule has 0 aliphatic rings. The second kappa shape index (κ2) is 7.40. The average Bonchev–Trinajstić information content (AvgIpc) is 3.21. The van der Waals surface area contributed by atoms with Crippen molar-refractivity contribution in [1.82, 2.24) is 19.6 Å². The first kappa shape index (κ1) is 17.7. The van der Waals surface area contributed by atoms with Gasteiger partial charge < -0.3 is 15.2 Å². The minimum atomic E-state index is -1.22. The van der Waals surface area contributed by atoms with Crippen LogP contribution >= 0.6 is 15.9 Å². The maximum Gasteiger partial charge on any atom is 0.339 e. The van der Waals surface area contributed by atoms with Gasteiger partial charge in [0.05, 0.1) is 18.1 Å². The van der Waals surface area contributed by atoms with E-state index in [9.17, 15) is 9.59 Å². The zero-order valence-corrected chi connectivity index (χ0v) is 15.2. The summed E-state index contributed by atoms with van der Waals surface area (Å²) in [4.78, 5) is 23.4. The van der Waals surface area contributed by atoms with Crippen molar-refractivity contribution in [2.24, 2.45) is 7.05 Å². The number of rotatable bonds is 6. The normalized spacial score (nSPS) is 10.5. The molecule has 0 bridgehead atoms. The van der Waals surface area contributed by atoms with Crippen molar-refractivity contribution in [2.75, 3.05) is 5.32 Å². The number of benzene rings is 1. The monoisotopic (exact) mass is 419 g/mol. The van der Waals surface area contributed by atoms with E-state index < -0.39 is 11.9 Å². The van der Waals surface area contributed by atoms with Crippen molar-refractivity contribution >= 4 is 33.5 Å². The fourth-order valence-electron chi connectivity index (χ4n) is 2.17. The van der Waals surface area contributed by atoms with Crippen LogP contribution in [0.4, 0.5) is 5.69 Å². The molecule has 0 saturated carbocycles. The highest BCUT2D eigenvalue weighted by molar-refractivity contribution is 9.10. The van der Waals surface area contributed by atoms with E-state index in [1.165, 1.54) is 21.8 Å². The van der Waals surface area contributed by atoms with E-state index in [0.717, 1.165) is 4.47 Å². The lowest BCUT2D eigenvalue weighted by molar-refractivity contribution is 0.0692. The van der Waals surface area contributed by atoms with Crippen LogP contribution in [0.3, 0.4) is 0 Å². The number of carboxylic acids is 1. The summed E-state index contributed by atoms with van der Waals surface area (Å²) in [5.41, 5.74) is 0.0613. The van der Waals surface area contributed by atoms with E-state index in [1.807, 2.05) is 24.3 Å². The third-order valence-corrected chi connectivity index (χ3v) is 3.87. The summed E-state index contributed by atoms with van der Waals surface area (Å²) >= 11 is 3.35. The van der Waals surface area contributed by atoms with Crippen LogP contribution in [0.1, 0.15) is 20.8 Å². The Morgan fingerprint density at radius 2 is 2.00 bits per heavy atom. The second-order valence-corrected chi connectivity index (χ2v) is 6.24. The van der Waals surface area contributed by atoms with Gasteiger partial charge in [0.2, 0.25) is 0 Å². The van der Waals surface area contributed by atoms with Crippen molar-refractivity contribution in [2.45, 2.75) is 6.73 Å². The summed E-state index contributed by atoms with van der Waals surface area (Å²) in [6.07, 6.45) is 4.28. The zero-order chi connectivity index (χ0) is 18.7. The number of ether oxygens (including phenoxy) is 1. The van der Waals surface area contributed by atoms with Gasteiger partial charge in [-0.3, -0.25) is 9.48 Å². The van der Waals surface area contributed by atoms with Crippen molar-refractivity contribution in [3.63, 3.8) is 0 Å². The average molecular weight is 420 g/mol. The number of aryl methyl sites for hydroxylation is 1. The number of anilines is 1. The SMILES string of the molecule is Cn1cc(C(=O)O)c(C(=O)Nc2cnn(COc3ccc(Br)cc3)c2)n1. The summed E-state index contributed by atoms with van der Waals surface area (Å²) < 4.78 is 9.29. The highest BCUT2D eigenvalue weighted by Crippen LogP contribution is 2.17. The molecule has 1 amide bonds. The highest BCUT2D eigenvalue weighted by Gasteiger charge is 2.21. The van der Waals surface area contributed by atoms with Gasteiger partial charge in [-0.15, -0.1) is 0 Å². The lowest BCUT2D eigenvalue weighted by Gasteiger charge is -2.05. The largest absolute Gasteiger partial charge is 0.478 e. The van der Waals surface area contributed by atoms with E-state index in [1.54, 1.807) is 13.2 Å². The predicted octanol–water partition coefficient (Wildman–Crippen LogP) is 2.37. The first-order valence-corrected chi connectivity index (χ1v) is 8.21. The van der Waals surface area contributed by atoms with Gasteiger partial charge in [0.15, 0.2) is 12.4 Å². The molecular formula is C16H14BrN5O4. The third-order valence-electron chi connectivity index (χ3n) is 3.34.